The Morgan fingerprint density at radius 3 is 2.14 bits per heavy atom. The minimum Gasteiger partial charge on any atom is -0.480 e. The molecule has 35 heavy (non-hydrogen) atoms. The van der Waals surface area contributed by atoms with Crippen LogP contribution in [0.5, 0.6) is 0 Å². The van der Waals surface area contributed by atoms with E-state index >= 15 is 0 Å². The van der Waals surface area contributed by atoms with Crippen molar-refractivity contribution >= 4 is 18.0 Å². The van der Waals surface area contributed by atoms with Gasteiger partial charge in [-0.2, -0.15) is 0 Å². The van der Waals surface area contributed by atoms with Gasteiger partial charge in [0.25, 0.3) is 0 Å². The normalized spacial score (nSPS) is 13.1. The summed E-state index contributed by atoms with van der Waals surface area (Å²) in [5.74, 6) is -1.41. The smallest absolute Gasteiger partial charge is 0.407 e. The molecule has 1 aliphatic carbocycles. The van der Waals surface area contributed by atoms with Gasteiger partial charge in [-0.15, -0.1) is 0 Å². The zero-order chi connectivity index (χ0) is 25.4. The van der Waals surface area contributed by atoms with Crippen molar-refractivity contribution in [1.82, 2.24) is 15.1 Å². The predicted octanol–water partition coefficient (Wildman–Crippen LogP) is 3.56. The van der Waals surface area contributed by atoms with E-state index in [9.17, 15) is 19.5 Å². The summed E-state index contributed by atoms with van der Waals surface area (Å²) >= 11 is 0. The highest BCUT2D eigenvalue weighted by atomic mass is 16.5. The Balaban J connectivity index is 1.61. The number of amides is 2. The fraction of sp³-hybridized carbons (Fsp3) is 0.444. The number of rotatable bonds is 12. The van der Waals surface area contributed by atoms with Crippen molar-refractivity contribution < 1.29 is 24.2 Å². The number of nitrogens with zero attached hydrogens (tertiary/aromatic N) is 2. The van der Waals surface area contributed by atoms with E-state index in [1.807, 2.05) is 50.2 Å². The summed E-state index contributed by atoms with van der Waals surface area (Å²) in [6, 6.07) is 15.8. The van der Waals surface area contributed by atoms with Crippen LogP contribution in [0.2, 0.25) is 0 Å². The minimum atomic E-state index is -1.06. The lowest BCUT2D eigenvalue weighted by Gasteiger charge is -2.25. The Hall–Kier alpha value is -3.39. The van der Waals surface area contributed by atoms with Crippen LogP contribution < -0.4 is 5.32 Å². The van der Waals surface area contributed by atoms with Crippen LogP contribution in [-0.4, -0.2) is 79.3 Å². The molecule has 1 atom stereocenters. The molecule has 0 aliphatic heterocycles. The highest BCUT2D eigenvalue weighted by molar-refractivity contribution is 5.82. The lowest BCUT2D eigenvalue weighted by Crippen LogP contribution is -2.44. The Morgan fingerprint density at radius 1 is 1.00 bits per heavy atom. The molecule has 2 N–H and O–H groups in total. The van der Waals surface area contributed by atoms with Crippen LogP contribution in [0.15, 0.2) is 48.5 Å². The second kappa shape index (κ2) is 12.4. The van der Waals surface area contributed by atoms with E-state index in [-0.39, 0.29) is 31.4 Å². The van der Waals surface area contributed by atoms with Crippen molar-refractivity contribution in [2.24, 2.45) is 0 Å². The largest absolute Gasteiger partial charge is 0.480 e. The molecule has 2 aromatic rings. The summed E-state index contributed by atoms with van der Waals surface area (Å²) in [5, 5.41) is 12.0. The SMILES string of the molecule is CCCC(CC(=O)N(CCN(C)C)CC(=O)O)NC(=O)OCC1c2ccccc2-c2ccccc21. The zero-order valence-electron chi connectivity index (χ0n) is 20.7. The molecule has 0 saturated heterocycles. The first-order valence-corrected chi connectivity index (χ1v) is 12.1. The molecule has 0 radical (unpaired) electrons. The van der Waals surface area contributed by atoms with E-state index in [4.69, 9.17) is 4.74 Å². The highest BCUT2D eigenvalue weighted by Crippen LogP contribution is 2.44. The Labute approximate surface area is 206 Å². The number of likely N-dealkylation sites (N-methyl/N-ethyl adjacent to an activating group) is 1. The van der Waals surface area contributed by atoms with Crippen LogP contribution in [0.25, 0.3) is 11.1 Å². The van der Waals surface area contributed by atoms with Gasteiger partial charge in [-0.05, 0) is 42.8 Å². The second-order valence-electron chi connectivity index (χ2n) is 9.17. The molecule has 0 saturated carbocycles. The number of hydrogen-bond donors (Lipinski definition) is 2. The van der Waals surface area contributed by atoms with E-state index in [1.54, 1.807) is 0 Å². The zero-order valence-corrected chi connectivity index (χ0v) is 20.7. The monoisotopic (exact) mass is 481 g/mol. The van der Waals surface area contributed by atoms with Gasteiger partial charge in [0, 0.05) is 31.5 Å². The number of alkyl carbamates (subject to hydrolysis) is 1. The number of nitrogens with one attached hydrogen (secondary N) is 1. The molecule has 3 rings (SSSR count). The molecule has 188 valence electrons. The first-order chi connectivity index (χ1) is 16.8. The van der Waals surface area contributed by atoms with Crippen molar-refractivity contribution in [2.45, 2.75) is 38.1 Å². The number of carboxylic acid groups (broad SMARTS) is 1. The number of carbonyl (C=O) groups is 3. The summed E-state index contributed by atoms with van der Waals surface area (Å²) in [6.07, 6.45) is 0.804. The Bertz CT molecular complexity index is 993. The summed E-state index contributed by atoms with van der Waals surface area (Å²) in [4.78, 5) is 40.0. The Kier molecular flexibility index (Phi) is 9.25. The first kappa shape index (κ1) is 26.2. The van der Waals surface area contributed by atoms with E-state index in [0.717, 1.165) is 28.7 Å². The number of benzene rings is 2. The van der Waals surface area contributed by atoms with Crippen LogP contribution in [0.4, 0.5) is 4.79 Å². The fourth-order valence-electron chi connectivity index (χ4n) is 4.50. The van der Waals surface area contributed by atoms with Crippen molar-refractivity contribution in [3.05, 3.63) is 59.7 Å². The van der Waals surface area contributed by atoms with Crippen molar-refractivity contribution in [3.63, 3.8) is 0 Å². The van der Waals surface area contributed by atoms with Gasteiger partial charge in [0.05, 0.1) is 0 Å². The van der Waals surface area contributed by atoms with Crippen LogP contribution in [0, 0.1) is 0 Å². The first-order valence-electron chi connectivity index (χ1n) is 12.1. The van der Waals surface area contributed by atoms with Gasteiger partial charge < -0.3 is 25.0 Å². The van der Waals surface area contributed by atoms with Gasteiger partial charge in [-0.3, -0.25) is 9.59 Å². The molecule has 1 unspecified atom stereocenters. The van der Waals surface area contributed by atoms with Gasteiger partial charge in [0.2, 0.25) is 5.91 Å². The predicted molar refractivity (Wildman–Crippen MR) is 134 cm³/mol. The minimum absolute atomic E-state index is 0.0265. The molecular formula is C27H35N3O5. The van der Waals surface area contributed by atoms with E-state index in [1.165, 1.54) is 4.90 Å². The number of hydrogen-bond acceptors (Lipinski definition) is 5. The topological polar surface area (TPSA) is 99.2 Å². The molecule has 1 aliphatic rings. The summed E-state index contributed by atoms with van der Waals surface area (Å²) in [7, 11) is 3.73. The number of aliphatic carboxylic acids is 1. The maximum Gasteiger partial charge on any atom is 0.407 e. The van der Waals surface area contributed by atoms with Crippen LogP contribution in [0.3, 0.4) is 0 Å². The molecule has 0 spiro atoms. The van der Waals surface area contributed by atoms with Crippen LogP contribution in [0.1, 0.15) is 43.2 Å². The lowest BCUT2D eigenvalue weighted by atomic mass is 9.98. The molecule has 0 aromatic heterocycles. The van der Waals surface area contributed by atoms with Gasteiger partial charge in [0.15, 0.2) is 0 Å². The third-order valence-corrected chi connectivity index (χ3v) is 6.22. The number of ether oxygens (including phenoxy) is 1. The van der Waals surface area contributed by atoms with E-state index < -0.39 is 18.1 Å². The van der Waals surface area contributed by atoms with Gasteiger partial charge in [0.1, 0.15) is 13.2 Å². The lowest BCUT2D eigenvalue weighted by molar-refractivity contribution is -0.144. The standard InChI is InChI=1S/C27H35N3O5/c1-4-9-19(16-25(31)30(17-26(32)33)15-14-29(2)3)28-27(34)35-18-24-22-12-7-5-10-20(22)21-11-6-8-13-23(21)24/h5-8,10-13,19,24H,4,9,14-18H2,1-3H3,(H,28,34)(H,32,33). The number of carboxylic acids is 1. The molecule has 8 heteroatoms. The quantitative estimate of drug-likeness (QED) is 0.481. The summed E-state index contributed by atoms with van der Waals surface area (Å²) in [6.45, 7) is 2.66. The van der Waals surface area contributed by atoms with Crippen molar-refractivity contribution in [1.29, 1.82) is 0 Å². The third-order valence-electron chi connectivity index (χ3n) is 6.22. The second-order valence-corrected chi connectivity index (χ2v) is 9.17. The molecule has 0 fully saturated rings. The molecule has 2 aromatic carbocycles. The summed E-state index contributed by atoms with van der Waals surface area (Å²) < 4.78 is 5.63. The van der Waals surface area contributed by atoms with Gasteiger partial charge in [-0.25, -0.2) is 4.79 Å². The van der Waals surface area contributed by atoms with E-state index in [0.29, 0.717) is 19.5 Å². The van der Waals surface area contributed by atoms with Crippen molar-refractivity contribution in [2.75, 3.05) is 40.3 Å². The van der Waals surface area contributed by atoms with Crippen molar-refractivity contribution in [3.8, 4) is 11.1 Å². The average molecular weight is 482 g/mol. The molecule has 2 amide bonds. The van der Waals surface area contributed by atoms with Gasteiger partial charge in [-0.1, -0.05) is 61.9 Å². The Morgan fingerprint density at radius 2 is 1.60 bits per heavy atom. The molecule has 0 bridgehead atoms. The fourth-order valence-corrected chi connectivity index (χ4v) is 4.50. The maximum atomic E-state index is 12.9. The number of carbonyl (C=O) groups excluding carboxylic acids is 2. The summed E-state index contributed by atoms with van der Waals surface area (Å²) in [5.41, 5.74) is 4.57. The highest BCUT2D eigenvalue weighted by Gasteiger charge is 2.29. The molecular weight excluding hydrogens is 446 g/mol. The van der Waals surface area contributed by atoms with Gasteiger partial charge >= 0.3 is 12.1 Å². The molecule has 8 nitrogen and oxygen atoms in total. The third kappa shape index (κ3) is 7.05. The maximum absolute atomic E-state index is 12.9. The van der Waals surface area contributed by atoms with Crippen LogP contribution in [-0.2, 0) is 14.3 Å². The number of fused-ring (bicyclic) bond motifs is 3. The van der Waals surface area contributed by atoms with E-state index in [2.05, 4.69) is 29.6 Å². The molecule has 0 heterocycles. The van der Waals surface area contributed by atoms with Crippen LogP contribution >= 0.6 is 0 Å². The average Bonchev–Trinajstić information content (AvgIpc) is 3.14.